The van der Waals surface area contributed by atoms with Crippen LogP contribution in [0.4, 0.5) is 5.69 Å². The molecule has 0 heterocycles. The molecule has 0 bridgehead atoms. The molecule has 0 N–H and O–H groups in total. The van der Waals surface area contributed by atoms with Gasteiger partial charge >= 0.3 is 0 Å². The van der Waals surface area contributed by atoms with E-state index in [1.54, 1.807) is 6.07 Å². The lowest BCUT2D eigenvalue weighted by Gasteiger charge is -1.96. The normalized spacial score (nSPS) is 8.86. The molecule has 0 aliphatic heterocycles. The molecule has 0 amide bonds. The number of benzene rings is 1. The van der Waals surface area contributed by atoms with Crippen molar-refractivity contribution in [1.82, 2.24) is 0 Å². The fraction of sp³-hybridized carbons (Fsp3) is 0. The van der Waals surface area contributed by atoms with Gasteiger partial charge in [0.2, 0.25) is 0 Å². The van der Waals surface area contributed by atoms with Crippen LogP contribution in [0.1, 0.15) is 10.4 Å². The van der Waals surface area contributed by atoms with Crippen LogP contribution in [0.25, 0.3) is 0 Å². The quantitative estimate of drug-likeness (QED) is 0.240. The lowest BCUT2D eigenvalue weighted by atomic mass is 10.1. The van der Waals surface area contributed by atoms with Crippen molar-refractivity contribution in [2.24, 2.45) is 0 Å². The lowest BCUT2D eigenvalue weighted by molar-refractivity contribution is -0.385. The first-order chi connectivity index (χ1) is 6.66. The zero-order valence-electron chi connectivity index (χ0n) is 7.27. The maximum atomic E-state index is 11.3. The minimum atomic E-state index is -0.593. The number of ketones is 1. The zero-order valence-corrected chi connectivity index (χ0v) is 7.27. The van der Waals surface area contributed by atoms with Crippen molar-refractivity contribution < 1.29 is 9.72 Å². The summed E-state index contributed by atoms with van der Waals surface area (Å²) < 4.78 is 0. The van der Waals surface area contributed by atoms with Gasteiger partial charge in [-0.05, 0) is 6.07 Å². The van der Waals surface area contributed by atoms with Gasteiger partial charge in [0.15, 0.2) is 5.78 Å². The van der Waals surface area contributed by atoms with Gasteiger partial charge in [-0.25, -0.2) is 0 Å². The molecule has 0 spiro atoms. The molecule has 4 nitrogen and oxygen atoms in total. The number of nitro groups is 1. The number of carbonyl (C=O) groups excluding carboxylic acids is 1. The van der Waals surface area contributed by atoms with Crippen molar-refractivity contribution in [3.05, 3.63) is 58.3 Å². The van der Waals surface area contributed by atoms with E-state index >= 15 is 0 Å². The SMILES string of the molecule is C=C=CC(=O)c1ccccc1[N+](=O)[O-]. The summed E-state index contributed by atoms with van der Waals surface area (Å²) in [5.41, 5.74) is 2.13. The molecule has 0 atom stereocenters. The van der Waals surface area contributed by atoms with E-state index < -0.39 is 10.7 Å². The minimum absolute atomic E-state index is 0.0497. The van der Waals surface area contributed by atoms with Crippen LogP contribution >= 0.6 is 0 Å². The number of para-hydroxylation sites is 1. The van der Waals surface area contributed by atoms with Crippen molar-refractivity contribution >= 4 is 11.5 Å². The largest absolute Gasteiger partial charge is 0.288 e. The summed E-state index contributed by atoms with van der Waals surface area (Å²) in [7, 11) is 0. The van der Waals surface area contributed by atoms with Crippen molar-refractivity contribution in [3.8, 4) is 0 Å². The van der Waals surface area contributed by atoms with E-state index in [0.717, 1.165) is 6.08 Å². The zero-order chi connectivity index (χ0) is 10.6. The first-order valence-corrected chi connectivity index (χ1v) is 3.80. The van der Waals surface area contributed by atoms with Crippen LogP contribution < -0.4 is 0 Å². The molecule has 0 fully saturated rings. The van der Waals surface area contributed by atoms with Crippen LogP contribution in [-0.4, -0.2) is 10.7 Å². The second-order valence-electron chi connectivity index (χ2n) is 2.49. The van der Waals surface area contributed by atoms with Crippen molar-refractivity contribution in [3.63, 3.8) is 0 Å². The van der Waals surface area contributed by atoms with Crippen molar-refractivity contribution in [1.29, 1.82) is 0 Å². The van der Waals surface area contributed by atoms with E-state index in [0.29, 0.717) is 0 Å². The summed E-state index contributed by atoms with van der Waals surface area (Å²) >= 11 is 0. The van der Waals surface area contributed by atoms with E-state index in [2.05, 4.69) is 12.3 Å². The fourth-order valence-corrected chi connectivity index (χ4v) is 1.01. The molecule has 0 saturated carbocycles. The molecule has 14 heavy (non-hydrogen) atoms. The molecule has 0 saturated heterocycles. The molecule has 0 aliphatic carbocycles. The Morgan fingerprint density at radius 1 is 1.50 bits per heavy atom. The van der Waals surface area contributed by atoms with Crippen LogP contribution in [0, 0.1) is 10.1 Å². The Hall–Kier alpha value is -2.19. The van der Waals surface area contributed by atoms with Gasteiger partial charge in [0.25, 0.3) is 5.69 Å². The van der Waals surface area contributed by atoms with Gasteiger partial charge < -0.3 is 0 Å². The highest BCUT2D eigenvalue weighted by atomic mass is 16.6. The van der Waals surface area contributed by atoms with Crippen LogP contribution in [0.3, 0.4) is 0 Å². The third kappa shape index (κ3) is 1.94. The van der Waals surface area contributed by atoms with Gasteiger partial charge in [-0.2, -0.15) is 0 Å². The summed E-state index contributed by atoms with van der Waals surface area (Å²) in [4.78, 5) is 21.2. The first-order valence-electron chi connectivity index (χ1n) is 3.80. The number of rotatable bonds is 3. The van der Waals surface area contributed by atoms with Crippen molar-refractivity contribution in [2.45, 2.75) is 0 Å². The third-order valence-corrected chi connectivity index (χ3v) is 1.60. The van der Waals surface area contributed by atoms with E-state index in [1.165, 1.54) is 18.2 Å². The molecule has 0 radical (unpaired) electrons. The third-order valence-electron chi connectivity index (χ3n) is 1.60. The van der Waals surface area contributed by atoms with Gasteiger partial charge in [0.05, 0.1) is 4.92 Å². The summed E-state index contributed by atoms with van der Waals surface area (Å²) in [5, 5.41) is 10.5. The Bertz CT molecular complexity index is 431. The highest BCUT2D eigenvalue weighted by Crippen LogP contribution is 2.18. The first kappa shape index (κ1) is 9.89. The Morgan fingerprint density at radius 2 is 2.14 bits per heavy atom. The molecule has 70 valence electrons. The second-order valence-corrected chi connectivity index (χ2v) is 2.49. The Morgan fingerprint density at radius 3 is 2.71 bits per heavy atom. The van der Waals surface area contributed by atoms with Gasteiger partial charge in [-0.1, -0.05) is 18.7 Å². The Kier molecular flexibility index (Phi) is 2.94. The van der Waals surface area contributed by atoms with Gasteiger partial charge in [0.1, 0.15) is 5.56 Å². The highest BCUT2D eigenvalue weighted by Gasteiger charge is 2.16. The minimum Gasteiger partial charge on any atom is -0.288 e. The molecular weight excluding hydrogens is 182 g/mol. The number of hydrogen-bond acceptors (Lipinski definition) is 3. The van der Waals surface area contributed by atoms with E-state index in [4.69, 9.17) is 0 Å². The predicted molar refractivity (Wildman–Crippen MR) is 51.1 cm³/mol. The molecule has 4 heteroatoms. The number of allylic oxidation sites excluding steroid dienone is 1. The number of carbonyl (C=O) groups is 1. The maximum Gasteiger partial charge on any atom is 0.280 e. The monoisotopic (exact) mass is 189 g/mol. The van der Waals surface area contributed by atoms with E-state index in [1.807, 2.05) is 0 Å². The smallest absolute Gasteiger partial charge is 0.280 e. The predicted octanol–water partition coefficient (Wildman–Crippen LogP) is 2.12. The van der Waals surface area contributed by atoms with Crippen LogP contribution in [0.15, 0.2) is 42.7 Å². The summed E-state index contributed by atoms with van der Waals surface area (Å²) in [6, 6.07) is 5.75. The molecular formula is C10H7NO3. The Labute approximate surface area is 80.3 Å². The average molecular weight is 189 g/mol. The van der Waals surface area contributed by atoms with Gasteiger partial charge in [-0.15, -0.1) is 5.73 Å². The van der Waals surface area contributed by atoms with Crippen LogP contribution in [0.5, 0.6) is 0 Å². The molecule has 0 aromatic heterocycles. The van der Waals surface area contributed by atoms with Gasteiger partial charge in [0, 0.05) is 12.1 Å². The van der Waals surface area contributed by atoms with E-state index in [-0.39, 0.29) is 11.3 Å². The topological polar surface area (TPSA) is 60.2 Å². The fourth-order valence-electron chi connectivity index (χ4n) is 1.01. The summed E-state index contributed by atoms with van der Waals surface area (Å²) in [6.45, 7) is 3.23. The molecule has 0 aliphatic rings. The number of hydrogen-bond donors (Lipinski definition) is 0. The lowest BCUT2D eigenvalue weighted by Crippen LogP contribution is -2.00. The van der Waals surface area contributed by atoms with Crippen LogP contribution in [-0.2, 0) is 0 Å². The molecule has 1 rings (SSSR count). The average Bonchev–Trinajstić information content (AvgIpc) is 2.18. The van der Waals surface area contributed by atoms with Gasteiger partial charge in [-0.3, -0.25) is 14.9 Å². The standard InChI is InChI=1S/C10H7NO3/c1-2-5-10(12)8-6-3-4-7-9(8)11(13)14/h3-7H,1H2. The van der Waals surface area contributed by atoms with E-state index in [9.17, 15) is 14.9 Å². The molecule has 1 aromatic rings. The molecule has 0 unspecified atom stereocenters. The number of nitrogens with zero attached hydrogens (tertiary/aromatic N) is 1. The summed E-state index contributed by atoms with van der Waals surface area (Å²) in [5.74, 6) is -0.465. The highest BCUT2D eigenvalue weighted by molar-refractivity contribution is 6.07. The second kappa shape index (κ2) is 4.16. The van der Waals surface area contributed by atoms with Crippen LogP contribution in [0.2, 0.25) is 0 Å². The number of nitro benzene ring substituents is 1. The Balaban J connectivity index is 3.26. The van der Waals surface area contributed by atoms with Crippen molar-refractivity contribution in [2.75, 3.05) is 0 Å². The summed E-state index contributed by atoms with van der Waals surface area (Å²) in [6.07, 6.45) is 1.07. The molecule has 1 aromatic carbocycles. The maximum absolute atomic E-state index is 11.3.